The molecule has 3 N–H and O–H groups in total. The quantitative estimate of drug-likeness (QED) is 0.216. The number of hydrogen-bond donors (Lipinski definition) is 2. The Morgan fingerprint density at radius 3 is 2.41 bits per heavy atom. The fraction of sp³-hybridized carbons (Fsp3) is 0.115. The summed E-state index contributed by atoms with van der Waals surface area (Å²) < 4.78 is 33.1. The molecule has 8 heteroatoms. The molecule has 2 atom stereocenters. The third-order valence-corrected chi connectivity index (χ3v) is 9.34. The predicted octanol–water partition coefficient (Wildman–Crippen LogP) is 6.51. The van der Waals surface area contributed by atoms with Crippen molar-refractivity contribution in [3.63, 3.8) is 0 Å². The molecule has 4 aromatic rings. The lowest BCUT2D eigenvalue weighted by molar-refractivity contribution is 0.102. The lowest BCUT2D eigenvalue weighted by Crippen LogP contribution is -2.16. The van der Waals surface area contributed by atoms with Gasteiger partial charge in [-0.3, -0.25) is 9.36 Å². The summed E-state index contributed by atoms with van der Waals surface area (Å²) in [5, 5.41) is 5.28. The average molecular weight is 495 g/mol. The molecule has 174 valence electrons. The van der Waals surface area contributed by atoms with Crippen molar-refractivity contribution >= 4 is 41.3 Å². The Morgan fingerprint density at radius 2 is 1.79 bits per heavy atom. The SMILES string of the molecule is COP(=O)(c1ccccc1)C(CF)c1ccc(C(=O)Nc2cc(-c3cccs3)ccc2N)cc1. The number of nitrogens with two attached hydrogens (primary N) is 1. The Kier molecular flexibility index (Phi) is 7.27. The van der Waals surface area contributed by atoms with Crippen molar-refractivity contribution in [3.8, 4) is 10.4 Å². The topological polar surface area (TPSA) is 81.4 Å². The molecule has 0 aliphatic carbocycles. The highest BCUT2D eigenvalue weighted by molar-refractivity contribution is 7.67. The molecule has 3 aromatic carbocycles. The van der Waals surface area contributed by atoms with Gasteiger partial charge in [-0.1, -0.05) is 42.5 Å². The summed E-state index contributed by atoms with van der Waals surface area (Å²) in [4.78, 5) is 13.9. The minimum Gasteiger partial charge on any atom is -0.397 e. The molecule has 1 amide bonds. The molecule has 0 aliphatic heterocycles. The van der Waals surface area contributed by atoms with Crippen molar-refractivity contribution in [3.05, 3.63) is 101 Å². The van der Waals surface area contributed by atoms with Gasteiger partial charge in [-0.15, -0.1) is 11.3 Å². The first-order valence-corrected chi connectivity index (χ1v) is 13.2. The summed E-state index contributed by atoms with van der Waals surface area (Å²) >= 11 is 1.60. The van der Waals surface area contributed by atoms with Crippen LogP contribution >= 0.6 is 18.7 Å². The molecule has 1 aromatic heterocycles. The number of amides is 1. The molecular formula is C26H24FN2O3PS. The summed E-state index contributed by atoms with van der Waals surface area (Å²) in [6.07, 6.45) is 0. The molecule has 1 heterocycles. The molecule has 0 fully saturated rings. The van der Waals surface area contributed by atoms with Gasteiger partial charge in [0.1, 0.15) is 6.67 Å². The maximum atomic E-state index is 14.1. The summed E-state index contributed by atoms with van der Waals surface area (Å²) in [5.74, 6) is -0.351. The van der Waals surface area contributed by atoms with E-state index in [0.717, 1.165) is 10.4 Å². The Hall–Kier alpha value is -3.25. The number of halogens is 1. The standard InChI is InChI=1S/C26H24FN2O3PS/c1-32-33(31,21-6-3-2-4-7-21)24(17-27)18-9-11-19(12-10-18)26(30)29-23-16-20(13-14-22(23)28)25-8-5-15-34-25/h2-16,24H,17,28H2,1H3,(H,29,30). The second-order valence-corrected chi connectivity index (χ2v) is 11.3. The van der Waals surface area contributed by atoms with E-state index in [1.54, 1.807) is 72.0 Å². The van der Waals surface area contributed by atoms with Crippen LogP contribution in [0.5, 0.6) is 0 Å². The van der Waals surface area contributed by atoms with Crippen LogP contribution in [0.2, 0.25) is 0 Å². The van der Waals surface area contributed by atoms with Crippen LogP contribution in [0.1, 0.15) is 21.6 Å². The molecule has 0 saturated heterocycles. The van der Waals surface area contributed by atoms with Crippen LogP contribution < -0.4 is 16.4 Å². The van der Waals surface area contributed by atoms with Gasteiger partial charge < -0.3 is 15.6 Å². The van der Waals surface area contributed by atoms with Crippen molar-refractivity contribution < 1.29 is 18.3 Å². The maximum absolute atomic E-state index is 14.1. The van der Waals surface area contributed by atoms with Gasteiger partial charge in [-0.05, 0) is 59.0 Å². The first kappa shape index (κ1) is 23.9. The zero-order valence-electron chi connectivity index (χ0n) is 18.5. The smallest absolute Gasteiger partial charge is 0.255 e. The molecule has 5 nitrogen and oxygen atoms in total. The zero-order valence-corrected chi connectivity index (χ0v) is 20.2. The number of anilines is 2. The van der Waals surface area contributed by atoms with Gasteiger partial charge in [0, 0.05) is 22.9 Å². The largest absolute Gasteiger partial charge is 0.397 e. The van der Waals surface area contributed by atoms with Crippen molar-refractivity contribution in [2.45, 2.75) is 5.66 Å². The van der Waals surface area contributed by atoms with E-state index in [4.69, 9.17) is 10.3 Å². The van der Waals surface area contributed by atoms with Crippen LogP contribution in [0, 0.1) is 0 Å². The van der Waals surface area contributed by atoms with Crippen molar-refractivity contribution in [2.24, 2.45) is 0 Å². The van der Waals surface area contributed by atoms with Gasteiger partial charge in [0.05, 0.1) is 17.0 Å². The Bertz CT molecular complexity index is 1310. The van der Waals surface area contributed by atoms with Crippen LogP contribution in [-0.2, 0) is 9.09 Å². The predicted molar refractivity (Wildman–Crippen MR) is 138 cm³/mol. The first-order chi connectivity index (χ1) is 16.5. The molecule has 4 rings (SSSR count). The van der Waals surface area contributed by atoms with E-state index in [9.17, 15) is 13.8 Å². The van der Waals surface area contributed by atoms with E-state index in [2.05, 4.69) is 5.32 Å². The molecule has 0 aliphatic rings. The average Bonchev–Trinajstić information content (AvgIpc) is 3.41. The Labute approximate surface area is 201 Å². The summed E-state index contributed by atoms with van der Waals surface area (Å²) in [6.45, 7) is -0.863. The summed E-state index contributed by atoms with van der Waals surface area (Å²) in [6, 6.07) is 24.4. The molecule has 2 unspecified atom stereocenters. The fourth-order valence-corrected chi connectivity index (χ4v) is 6.62. The number of alkyl halides is 1. The third-order valence-electron chi connectivity index (χ3n) is 5.61. The van der Waals surface area contributed by atoms with E-state index < -0.39 is 19.7 Å². The zero-order chi connectivity index (χ0) is 24.1. The van der Waals surface area contributed by atoms with Crippen molar-refractivity contribution in [2.75, 3.05) is 24.8 Å². The monoisotopic (exact) mass is 494 g/mol. The maximum Gasteiger partial charge on any atom is 0.255 e. The van der Waals surface area contributed by atoms with E-state index in [1.807, 2.05) is 29.6 Å². The van der Waals surface area contributed by atoms with Crippen LogP contribution in [0.15, 0.2) is 90.3 Å². The summed E-state index contributed by atoms with van der Waals surface area (Å²) in [5.41, 5.74) is 7.87. The van der Waals surface area contributed by atoms with Gasteiger partial charge in [0.15, 0.2) is 0 Å². The lowest BCUT2D eigenvalue weighted by atomic mass is 10.1. The molecule has 0 spiro atoms. The minimum atomic E-state index is -3.51. The Balaban J connectivity index is 1.56. The highest BCUT2D eigenvalue weighted by atomic mass is 32.1. The number of benzene rings is 3. The normalized spacial score (nSPS) is 13.7. The fourth-order valence-electron chi connectivity index (χ4n) is 3.74. The van der Waals surface area contributed by atoms with E-state index in [1.165, 1.54) is 7.11 Å². The number of carbonyl (C=O) groups excluding carboxylic acids is 1. The number of nitrogens with one attached hydrogen (secondary N) is 1. The number of carbonyl (C=O) groups is 1. The number of rotatable bonds is 8. The van der Waals surface area contributed by atoms with Gasteiger partial charge in [0.25, 0.3) is 5.91 Å². The third kappa shape index (κ3) is 4.82. The number of hydrogen-bond acceptors (Lipinski definition) is 5. The van der Waals surface area contributed by atoms with Crippen LogP contribution in [-0.4, -0.2) is 19.7 Å². The second kappa shape index (κ2) is 10.3. The highest BCUT2D eigenvalue weighted by Gasteiger charge is 2.36. The van der Waals surface area contributed by atoms with Gasteiger partial charge in [-0.2, -0.15) is 0 Å². The highest BCUT2D eigenvalue weighted by Crippen LogP contribution is 2.58. The van der Waals surface area contributed by atoms with Crippen LogP contribution in [0.4, 0.5) is 15.8 Å². The van der Waals surface area contributed by atoms with Crippen molar-refractivity contribution in [1.29, 1.82) is 0 Å². The second-order valence-electron chi connectivity index (χ2n) is 7.64. The van der Waals surface area contributed by atoms with Crippen molar-refractivity contribution in [1.82, 2.24) is 0 Å². The van der Waals surface area contributed by atoms with Gasteiger partial charge >= 0.3 is 0 Å². The molecule has 0 saturated carbocycles. The molecular weight excluding hydrogens is 470 g/mol. The summed E-state index contributed by atoms with van der Waals surface area (Å²) in [7, 11) is -2.18. The first-order valence-electron chi connectivity index (χ1n) is 10.6. The van der Waals surface area contributed by atoms with E-state index in [-0.39, 0.29) is 5.91 Å². The van der Waals surface area contributed by atoms with E-state index >= 15 is 0 Å². The van der Waals surface area contributed by atoms with Gasteiger partial charge in [-0.25, -0.2) is 4.39 Å². The van der Waals surface area contributed by atoms with Crippen LogP contribution in [0.3, 0.4) is 0 Å². The van der Waals surface area contributed by atoms with Gasteiger partial charge in [0.2, 0.25) is 7.37 Å². The van der Waals surface area contributed by atoms with E-state index in [0.29, 0.717) is 27.8 Å². The molecule has 0 radical (unpaired) electrons. The number of nitrogen functional groups attached to an aromatic ring is 1. The van der Waals surface area contributed by atoms with Crippen LogP contribution in [0.25, 0.3) is 10.4 Å². The molecule has 34 heavy (non-hydrogen) atoms. The number of thiophene rings is 1. The lowest BCUT2D eigenvalue weighted by Gasteiger charge is -2.25. The minimum absolute atomic E-state index is 0.351. The Morgan fingerprint density at radius 1 is 1.06 bits per heavy atom. The molecule has 0 bridgehead atoms.